The molecule has 0 spiro atoms. The monoisotopic (exact) mass is 540 g/mol. The second-order valence-electron chi connectivity index (χ2n) is 11.1. The van der Waals surface area contributed by atoms with E-state index in [0.29, 0.717) is 28.0 Å². The van der Waals surface area contributed by atoms with Crippen LogP contribution in [0.25, 0.3) is 11.3 Å². The smallest absolute Gasteiger partial charge is 0.335 e. The standard InChI is InChI=1S/C32H32N2O4S/c1-19-16-20(31(36)37)10-13-24(19)26-15-12-23(38-26)18-33-30-28(29(35)34-22-8-6-5-7-9-22)25-14-11-21(32(2,3)4)17-27(25)39-30/h5-10,12-13,15-16,18,21H,11,14,17H2,1-4H3,(H,34,35)(H,36,37)/t21-/m0/s1. The Morgan fingerprint density at radius 2 is 1.87 bits per heavy atom. The Bertz CT molecular complexity index is 1560. The van der Waals surface area contributed by atoms with Crippen LogP contribution in [0.2, 0.25) is 0 Å². The van der Waals surface area contributed by atoms with Crippen molar-refractivity contribution in [2.75, 3.05) is 5.32 Å². The molecule has 0 saturated carbocycles. The van der Waals surface area contributed by atoms with Crippen molar-refractivity contribution in [2.24, 2.45) is 16.3 Å². The van der Waals surface area contributed by atoms with Gasteiger partial charge in [-0.15, -0.1) is 11.3 Å². The lowest BCUT2D eigenvalue weighted by Crippen LogP contribution is -2.27. The van der Waals surface area contributed by atoms with Crippen molar-refractivity contribution in [3.05, 3.63) is 93.6 Å². The van der Waals surface area contributed by atoms with Gasteiger partial charge in [0.1, 0.15) is 16.5 Å². The lowest BCUT2D eigenvalue weighted by atomic mass is 9.72. The first-order valence-electron chi connectivity index (χ1n) is 13.1. The van der Waals surface area contributed by atoms with Gasteiger partial charge in [-0.25, -0.2) is 9.79 Å². The zero-order valence-corrected chi connectivity index (χ0v) is 23.4. The Kier molecular flexibility index (Phi) is 7.28. The van der Waals surface area contributed by atoms with Gasteiger partial charge in [0.15, 0.2) is 0 Å². The van der Waals surface area contributed by atoms with Gasteiger partial charge in [-0.05, 0) is 85.0 Å². The third-order valence-corrected chi connectivity index (χ3v) is 8.57. The molecule has 2 aromatic carbocycles. The van der Waals surface area contributed by atoms with Crippen LogP contribution in [0.4, 0.5) is 10.7 Å². The fraction of sp³-hybridized carbons (Fsp3) is 0.281. The Morgan fingerprint density at radius 1 is 1.10 bits per heavy atom. The van der Waals surface area contributed by atoms with Crippen molar-refractivity contribution in [1.82, 2.24) is 0 Å². The molecule has 39 heavy (non-hydrogen) atoms. The summed E-state index contributed by atoms with van der Waals surface area (Å²) in [7, 11) is 0. The first kappa shape index (κ1) is 26.6. The summed E-state index contributed by atoms with van der Waals surface area (Å²) < 4.78 is 6.04. The number of thiophene rings is 1. The van der Waals surface area contributed by atoms with Crippen LogP contribution in [0.5, 0.6) is 0 Å². The highest BCUT2D eigenvalue weighted by molar-refractivity contribution is 7.16. The maximum absolute atomic E-state index is 13.5. The highest BCUT2D eigenvalue weighted by Gasteiger charge is 2.33. The van der Waals surface area contributed by atoms with Crippen LogP contribution in [0.3, 0.4) is 0 Å². The van der Waals surface area contributed by atoms with Crippen molar-refractivity contribution in [3.8, 4) is 11.3 Å². The molecule has 2 heterocycles. The van der Waals surface area contributed by atoms with E-state index in [0.717, 1.165) is 41.6 Å². The number of hydrogen-bond acceptors (Lipinski definition) is 5. The molecule has 0 aliphatic heterocycles. The van der Waals surface area contributed by atoms with Crippen LogP contribution < -0.4 is 5.32 Å². The molecule has 1 atom stereocenters. The largest absolute Gasteiger partial charge is 0.478 e. The van der Waals surface area contributed by atoms with Crippen LogP contribution in [-0.4, -0.2) is 23.2 Å². The van der Waals surface area contributed by atoms with E-state index >= 15 is 0 Å². The van der Waals surface area contributed by atoms with Crippen molar-refractivity contribution in [3.63, 3.8) is 0 Å². The number of aryl methyl sites for hydroxylation is 1. The number of anilines is 1. The second-order valence-corrected chi connectivity index (χ2v) is 12.2. The Labute approximate surface area is 232 Å². The van der Waals surface area contributed by atoms with Gasteiger partial charge in [0.05, 0.1) is 17.3 Å². The topological polar surface area (TPSA) is 91.9 Å². The lowest BCUT2D eigenvalue weighted by Gasteiger charge is -2.33. The number of aliphatic imine (C=N–C) groups is 1. The summed E-state index contributed by atoms with van der Waals surface area (Å²) in [6, 6.07) is 18.1. The highest BCUT2D eigenvalue weighted by atomic mass is 32.1. The number of carbonyl (C=O) groups excluding carboxylic acids is 1. The lowest BCUT2D eigenvalue weighted by molar-refractivity contribution is 0.0696. The zero-order chi connectivity index (χ0) is 27.7. The molecule has 1 aliphatic rings. The molecule has 0 saturated heterocycles. The third kappa shape index (κ3) is 5.73. The van der Waals surface area contributed by atoms with E-state index in [4.69, 9.17) is 9.41 Å². The Hall–Kier alpha value is -3.97. The molecule has 2 aromatic heterocycles. The number of benzene rings is 2. The molecular formula is C32H32N2O4S. The quantitative estimate of drug-likeness (QED) is 0.241. The second kappa shape index (κ2) is 10.7. The number of hydrogen-bond donors (Lipinski definition) is 2. The van der Waals surface area contributed by atoms with E-state index in [1.807, 2.05) is 49.4 Å². The van der Waals surface area contributed by atoms with E-state index in [2.05, 4.69) is 26.1 Å². The number of fused-ring (bicyclic) bond motifs is 1. The fourth-order valence-corrected chi connectivity index (χ4v) is 6.38. The number of para-hydroxylation sites is 1. The summed E-state index contributed by atoms with van der Waals surface area (Å²) in [4.78, 5) is 30.8. The van der Waals surface area contributed by atoms with E-state index in [1.165, 1.54) is 4.88 Å². The van der Waals surface area contributed by atoms with Crippen LogP contribution in [-0.2, 0) is 12.8 Å². The average Bonchev–Trinajstić information content (AvgIpc) is 3.51. The number of carboxylic acid groups (broad SMARTS) is 1. The number of nitrogens with zero attached hydrogens (tertiary/aromatic N) is 1. The fourth-order valence-electron chi connectivity index (χ4n) is 5.11. The Morgan fingerprint density at radius 3 is 2.56 bits per heavy atom. The molecule has 5 rings (SSSR count). The predicted molar refractivity (Wildman–Crippen MR) is 157 cm³/mol. The van der Waals surface area contributed by atoms with Gasteiger partial charge in [-0.2, -0.15) is 0 Å². The van der Waals surface area contributed by atoms with Gasteiger partial charge in [-0.1, -0.05) is 45.0 Å². The van der Waals surface area contributed by atoms with Crippen molar-refractivity contribution >= 4 is 40.1 Å². The first-order chi connectivity index (χ1) is 18.6. The van der Waals surface area contributed by atoms with Gasteiger partial charge >= 0.3 is 5.97 Å². The minimum atomic E-state index is -0.962. The van der Waals surface area contributed by atoms with Crippen LogP contribution >= 0.6 is 11.3 Å². The number of amides is 1. The van der Waals surface area contributed by atoms with Crippen LogP contribution in [0.15, 0.2) is 70.1 Å². The predicted octanol–water partition coefficient (Wildman–Crippen LogP) is 8.17. The summed E-state index contributed by atoms with van der Waals surface area (Å²) >= 11 is 1.59. The average molecular weight is 541 g/mol. The highest BCUT2D eigenvalue weighted by Crippen LogP contribution is 2.45. The SMILES string of the molecule is Cc1cc(C(=O)O)ccc1-c1ccc(C=Nc2sc3c(c2C(=O)Nc2ccccc2)CC[C@H](C(C)(C)C)C3)o1. The summed E-state index contributed by atoms with van der Waals surface area (Å²) in [5.41, 5.74) is 4.57. The zero-order valence-electron chi connectivity index (χ0n) is 22.6. The number of aromatic carboxylic acids is 1. The molecule has 4 aromatic rings. The molecule has 0 fully saturated rings. The Balaban J connectivity index is 1.46. The van der Waals surface area contributed by atoms with E-state index < -0.39 is 5.97 Å². The van der Waals surface area contributed by atoms with Gasteiger partial charge in [0.2, 0.25) is 0 Å². The molecule has 1 amide bonds. The van der Waals surface area contributed by atoms with Crippen molar-refractivity contribution in [1.29, 1.82) is 0 Å². The number of carboxylic acids is 1. The maximum Gasteiger partial charge on any atom is 0.335 e. The summed E-state index contributed by atoms with van der Waals surface area (Å²) in [6.07, 6.45) is 4.50. The number of rotatable bonds is 6. The van der Waals surface area contributed by atoms with Crippen LogP contribution in [0.1, 0.15) is 69.7 Å². The first-order valence-corrected chi connectivity index (χ1v) is 13.9. The molecule has 6 nitrogen and oxygen atoms in total. The van der Waals surface area contributed by atoms with Crippen molar-refractivity contribution in [2.45, 2.75) is 47.0 Å². The van der Waals surface area contributed by atoms with Gasteiger partial charge in [-0.3, -0.25) is 4.79 Å². The van der Waals surface area contributed by atoms with E-state index in [-0.39, 0.29) is 16.9 Å². The summed E-state index contributed by atoms with van der Waals surface area (Å²) in [6.45, 7) is 8.70. The number of furan rings is 1. The normalized spacial score (nSPS) is 15.3. The van der Waals surface area contributed by atoms with Gasteiger partial charge < -0.3 is 14.8 Å². The minimum Gasteiger partial charge on any atom is -0.478 e. The molecule has 0 bridgehead atoms. The molecule has 2 N–H and O–H groups in total. The van der Waals surface area contributed by atoms with Gasteiger partial charge in [0, 0.05) is 16.1 Å². The molecule has 200 valence electrons. The molecule has 1 aliphatic carbocycles. The molecular weight excluding hydrogens is 508 g/mol. The number of carbonyl (C=O) groups is 2. The maximum atomic E-state index is 13.5. The van der Waals surface area contributed by atoms with E-state index in [1.54, 1.807) is 35.8 Å². The van der Waals surface area contributed by atoms with E-state index in [9.17, 15) is 14.7 Å². The van der Waals surface area contributed by atoms with Crippen LogP contribution in [0, 0.1) is 18.3 Å². The molecule has 7 heteroatoms. The summed E-state index contributed by atoms with van der Waals surface area (Å²) in [5.74, 6) is 0.631. The van der Waals surface area contributed by atoms with Crippen molar-refractivity contribution < 1.29 is 19.1 Å². The minimum absolute atomic E-state index is 0.144. The summed E-state index contributed by atoms with van der Waals surface area (Å²) in [5, 5.41) is 13.0. The third-order valence-electron chi connectivity index (χ3n) is 7.40. The van der Waals surface area contributed by atoms with Gasteiger partial charge in [0.25, 0.3) is 5.91 Å². The molecule has 0 unspecified atom stereocenters. The molecule has 0 radical (unpaired) electrons. The number of nitrogens with one attached hydrogen (secondary N) is 1.